The Kier molecular flexibility index (Phi) is 43.5. The van der Waals surface area contributed by atoms with E-state index in [4.69, 9.17) is 12.8 Å². The van der Waals surface area contributed by atoms with Gasteiger partial charge in [-0.05, 0) is 0 Å². The minimum atomic E-state index is -0.870. The third-order valence-electron chi connectivity index (χ3n) is 0.517. The van der Waals surface area contributed by atoms with E-state index in [1.54, 1.807) is 6.82 Å². The number of hydrogen-bond donors (Lipinski definition) is 1. The molecule has 0 spiro atoms. The van der Waals surface area contributed by atoms with E-state index in [1.165, 1.54) is 19.7 Å². The first kappa shape index (κ1) is 25.1. The minimum Gasteiger partial charge on any atom is -0.548 e. The highest BCUT2D eigenvalue weighted by molar-refractivity contribution is 6.99. The Morgan fingerprint density at radius 2 is 1.59 bits per heavy atom. The van der Waals surface area contributed by atoms with Crippen molar-refractivity contribution in [1.82, 2.24) is 0 Å². The molecule has 0 aromatic rings. The quantitative estimate of drug-likeness (QED) is 0.609. The van der Waals surface area contributed by atoms with Crippen molar-refractivity contribution in [3.8, 4) is 0 Å². The number of carbonyl (C=O) groups is 2. The molecule has 0 heterocycles. The molecule has 1 N–H and O–H groups in total. The molecule has 0 rings (SSSR count). The van der Waals surface area contributed by atoms with Gasteiger partial charge in [0.25, 0.3) is 20.6 Å². The minimum absolute atomic E-state index is 0.324. The lowest BCUT2D eigenvalue weighted by Crippen LogP contribution is -2.10. The molecule has 0 atom stereocenters. The lowest BCUT2D eigenvalue weighted by Gasteiger charge is -1.92. The van der Waals surface area contributed by atoms with E-state index in [9.17, 15) is 9.59 Å². The van der Waals surface area contributed by atoms with Crippen LogP contribution in [-0.4, -0.2) is 39.3 Å². The number of carbonyl (C=O) groups excluding carboxylic acids is 1. The molecule has 0 unspecified atom stereocenters. The maximum atomic E-state index is 9.31. The Bertz CT molecular complexity index is 142. The van der Waals surface area contributed by atoms with Crippen LogP contribution in [-0.2, 0) is 9.45 Å². The molecule has 0 fully saturated rings. The number of hydrogen-bond acceptors (Lipinski definition) is 3. The zero-order valence-corrected chi connectivity index (χ0v) is 11.9. The van der Waals surface area contributed by atoms with Crippen LogP contribution in [0.25, 0.3) is 0 Å². The fourth-order valence-electron chi connectivity index (χ4n) is 0.0876. The fourth-order valence-corrected chi connectivity index (χ4v) is 0.0876. The average molecular weight is 241 g/mol. The summed E-state index contributed by atoms with van der Waals surface area (Å²) in [5, 5.41) is 7.67. The van der Waals surface area contributed by atoms with E-state index >= 15 is 0 Å². The lowest BCUT2D eigenvalue weighted by molar-refractivity contribution is -0.120. The zero-order valence-electron chi connectivity index (χ0n) is 11.9. The van der Waals surface area contributed by atoms with Crippen LogP contribution in [0, 0.1) is 0 Å². The van der Waals surface area contributed by atoms with E-state index in [0.717, 1.165) is 7.28 Å². The molecular formula is C10H24B3O4. The third-order valence-corrected chi connectivity index (χ3v) is 0.517. The van der Waals surface area contributed by atoms with Crippen molar-refractivity contribution >= 4 is 34.2 Å². The van der Waals surface area contributed by atoms with Gasteiger partial charge in [-0.25, -0.2) is 0 Å². The third kappa shape index (κ3) is 153. The Labute approximate surface area is 108 Å². The van der Waals surface area contributed by atoms with Crippen LogP contribution in [0.3, 0.4) is 0 Å². The van der Waals surface area contributed by atoms with Gasteiger partial charge in [0.2, 0.25) is 5.87 Å². The summed E-state index contributed by atoms with van der Waals surface area (Å²) in [7, 11) is 6.03. The summed E-state index contributed by atoms with van der Waals surface area (Å²) < 4.78 is 4.14. The Morgan fingerprint density at radius 3 is 1.59 bits per heavy atom. The highest BCUT2D eigenvalue weighted by Gasteiger charge is 1.92. The predicted molar refractivity (Wildman–Crippen MR) is 76.1 cm³/mol. The Balaban J connectivity index is -0.0000000698. The van der Waals surface area contributed by atoms with Gasteiger partial charge in [-0.2, -0.15) is 0 Å². The van der Waals surface area contributed by atoms with E-state index in [2.05, 4.69) is 32.3 Å². The van der Waals surface area contributed by atoms with Gasteiger partial charge in [-0.1, -0.05) is 54.2 Å². The van der Waals surface area contributed by atoms with Gasteiger partial charge in [0.1, 0.15) is 0 Å². The Hall–Kier alpha value is -0.865. The van der Waals surface area contributed by atoms with Gasteiger partial charge in [0, 0.05) is 0 Å². The molecule has 7 heteroatoms. The van der Waals surface area contributed by atoms with Gasteiger partial charge >= 0.3 is 0 Å². The summed E-state index contributed by atoms with van der Waals surface area (Å²) in [5.74, 6) is -0.870. The van der Waals surface area contributed by atoms with Crippen LogP contribution in [0.5, 0.6) is 0 Å². The summed E-state index contributed by atoms with van der Waals surface area (Å²) in [4.78, 5) is 18.6. The van der Waals surface area contributed by atoms with Crippen LogP contribution in [0.1, 0.15) is 40.5 Å². The van der Waals surface area contributed by atoms with Crippen molar-refractivity contribution in [3.63, 3.8) is 0 Å². The van der Waals surface area contributed by atoms with Gasteiger partial charge < -0.3 is 9.76 Å². The molecule has 0 aromatic carbocycles. The van der Waals surface area contributed by atoms with Crippen molar-refractivity contribution in [2.24, 2.45) is 0 Å². The monoisotopic (exact) mass is 241 g/mol. The van der Waals surface area contributed by atoms with Crippen LogP contribution in [0.2, 0.25) is 13.6 Å². The van der Waals surface area contributed by atoms with Gasteiger partial charge in [0.05, 0.1) is 7.74 Å². The second-order valence-corrected chi connectivity index (χ2v) is 2.98. The second kappa shape index (κ2) is 29.4. The first-order chi connectivity index (χ1) is 7.87. The molecule has 4 nitrogen and oxygen atoms in total. The maximum absolute atomic E-state index is 9.31. The maximum Gasteiger partial charge on any atom is 0.298 e. The fraction of sp³-hybridized carbons (Fsp3) is 0.800. The summed E-state index contributed by atoms with van der Waals surface area (Å²) >= 11 is 0. The number of rotatable bonds is 3. The first-order valence-corrected chi connectivity index (χ1v) is 5.74. The van der Waals surface area contributed by atoms with Crippen LogP contribution in [0.4, 0.5) is 4.79 Å². The SMILES string of the molecule is CCC.CCC.C[B]C(=O)O.[B]B(C)OC=O. The van der Waals surface area contributed by atoms with E-state index in [-0.39, 0.29) is 0 Å². The molecule has 0 aliphatic heterocycles. The summed E-state index contributed by atoms with van der Waals surface area (Å²) in [5.41, 5.74) is 0. The molecule has 0 bridgehead atoms. The zero-order chi connectivity index (χ0) is 14.7. The summed E-state index contributed by atoms with van der Waals surface area (Å²) in [6.07, 6.45) is 2.50. The van der Waals surface area contributed by atoms with Crippen molar-refractivity contribution in [2.75, 3.05) is 0 Å². The van der Waals surface area contributed by atoms with Crippen LogP contribution in [0.15, 0.2) is 0 Å². The van der Waals surface area contributed by atoms with E-state index < -0.39 is 12.7 Å². The van der Waals surface area contributed by atoms with E-state index in [1.807, 2.05) is 0 Å². The second-order valence-electron chi connectivity index (χ2n) is 2.98. The molecular weight excluding hydrogens is 217 g/mol. The van der Waals surface area contributed by atoms with Crippen LogP contribution < -0.4 is 0 Å². The van der Waals surface area contributed by atoms with Gasteiger partial charge in [-0.3, -0.25) is 9.59 Å². The lowest BCUT2D eigenvalue weighted by atomic mass is 9.49. The highest BCUT2D eigenvalue weighted by atomic mass is 16.5. The average Bonchev–Trinajstić information content (AvgIpc) is 2.20. The van der Waals surface area contributed by atoms with Crippen LogP contribution >= 0.6 is 0 Å². The van der Waals surface area contributed by atoms with Gasteiger partial charge in [0.15, 0.2) is 0 Å². The van der Waals surface area contributed by atoms with Crippen molar-refractivity contribution in [3.05, 3.63) is 0 Å². The number of carboxylic acid groups (broad SMARTS) is 1. The molecule has 0 aliphatic carbocycles. The molecule has 0 saturated heterocycles. The molecule has 97 valence electrons. The topological polar surface area (TPSA) is 63.6 Å². The highest BCUT2D eigenvalue weighted by Crippen LogP contribution is 1.67. The summed E-state index contributed by atoms with van der Waals surface area (Å²) in [6, 6.07) is 0. The van der Waals surface area contributed by atoms with Gasteiger partial charge in [-0.15, -0.1) is 0 Å². The predicted octanol–water partition coefficient (Wildman–Crippen LogP) is 2.70. The molecule has 0 saturated carbocycles. The first-order valence-electron chi connectivity index (χ1n) is 5.74. The molecule has 3 radical (unpaired) electrons. The van der Waals surface area contributed by atoms with E-state index in [0.29, 0.717) is 6.47 Å². The smallest absolute Gasteiger partial charge is 0.298 e. The largest absolute Gasteiger partial charge is 0.548 e. The standard InChI is InChI=1S/2C3H8.C2H4B2O2.C2H4BO2/c2*1-3-2;1-4(3)6-2-5;1-3-2(4)5/h2*3H2,1-2H3;2H,1H3;1H3,(H,4,5). The summed E-state index contributed by atoms with van der Waals surface area (Å²) in [6.45, 7) is 11.4. The molecule has 0 amide bonds. The normalized spacial score (nSPS) is 6.47. The molecule has 0 aromatic heterocycles. The molecule has 0 aliphatic rings. The van der Waals surface area contributed by atoms with Crippen molar-refractivity contribution in [2.45, 2.75) is 54.2 Å². The molecule has 17 heavy (non-hydrogen) atoms. The van der Waals surface area contributed by atoms with Crippen molar-refractivity contribution in [1.29, 1.82) is 0 Å². The Morgan fingerprint density at radius 1 is 1.35 bits per heavy atom. The van der Waals surface area contributed by atoms with Crippen molar-refractivity contribution < 1.29 is 19.3 Å².